The zero-order valence-corrected chi connectivity index (χ0v) is 23.2. The first-order valence-corrected chi connectivity index (χ1v) is 14.5. The summed E-state index contributed by atoms with van der Waals surface area (Å²) in [6, 6.07) is 53.0. The Morgan fingerprint density at radius 1 is 0.372 bits per heavy atom. The largest absolute Gasteiger partial charge is 0.456 e. The van der Waals surface area contributed by atoms with Crippen LogP contribution in [0.4, 0.5) is 17.1 Å². The van der Waals surface area contributed by atoms with Crippen molar-refractivity contribution in [3.8, 4) is 11.1 Å². The van der Waals surface area contributed by atoms with Crippen molar-refractivity contribution in [3.63, 3.8) is 0 Å². The Morgan fingerprint density at radius 3 is 1.86 bits per heavy atom. The monoisotopic (exact) mass is 551 g/mol. The molecule has 0 aliphatic rings. The molecule has 3 heteroatoms. The normalized spacial score (nSPS) is 11.7. The van der Waals surface area contributed by atoms with E-state index in [1.807, 2.05) is 12.1 Å². The highest BCUT2D eigenvalue weighted by molar-refractivity contribution is 6.27. The molecule has 0 saturated heterocycles. The zero-order valence-electron chi connectivity index (χ0n) is 23.2. The molecule has 43 heavy (non-hydrogen) atoms. The number of hydrogen-bond donors (Lipinski definition) is 0. The summed E-state index contributed by atoms with van der Waals surface area (Å²) in [6.07, 6.45) is 0. The van der Waals surface area contributed by atoms with Crippen molar-refractivity contribution in [3.05, 3.63) is 152 Å². The fourth-order valence-corrected chi connectivity index (χ4v) is 6.47. The zero-order chi connectivity index (χ0) is 28.3. The third kappa shape index (κ3) is 3.68. The number of rotatable bonds is 4. The van der Waals surface area contributed by atoms with E-state index in [1.165, 1.54) is 11.1 Å². The van der Waals surface area contributed by atoms with Crippen LogP contribution in [0.1, 0.15) is 0 Å². The lowest BCUT2D eigenvalue weighted by atomic mass is 10.0. The van der Waals surface area contributed by atoms with Crippen LogP contribution in [0.5, 0.6) is 0 Å². The molecule has 0 saturated carbocycles. The molecule has 9 rings (SSSR count). The molecule has 0 fully saturated rings. The molecular weight excluding hydrogens is 526 g/mol. The van der Waals surface area contributed by atoms with E-state index in [0.29, 0.717) is 0 Å². The van der Waals surface area contributed by atoms with Crippen molar-refractivity contribution in [2.45, 2.75) is 0 Å². The Balaban J connectivity index is 1.33. The molecule has 2 heterocycles. The summed E-state index contributed by atoms with van der Waals surface area (Å²) in [5.41, 5.74) is 8.94. The van der Waals surface area contributed by atoms with E-state index in [0.717, 1.165) is 71.7 Å². The van der Waals surface area contributed by atoms with Crippen LogP contribution in [0, 0.1) is 0 Å². The van der Waals surface area contributed by atoms with Gasteiger partial charge >= 0.3 is 0 Å². The molecule has 0 N–H and O–H groups in total. The van der Waals surface area contributed by atoms with Gasteiger partial charge in [0.15, 0.2) is 0 Å². The summed E-state index contributed by atoms with van der Waals surface area (Å²) in [5, 5.41) is 6.50. The van der Waals surface area contributed by atoms with E-state index in [2.05, 4.69) is 144 Å². The van der Waals surface area contributed by atoms with Crippen molar-refractivity contribution < 1.29 is 8.83 Å². The Hall–Kier alpha value is -5.80. The lowest BCUT2D eigenvalue weighted by molar-refractivity contribution is 0.664. The van der Waals surface area contributed by atoms with Crippen LogP contribution in [-0.2, 0) is 0 Å². The lowest BCUT2D eigenvalue weighted by Crippen LogP contribution is -2.10. The van der Waals surface area contributed by atoms with E-state index < -0.39 is 0 Å². The van der Waals surface area contributed by atoms with Crippen LogP contribution in [0.25, 0.3) is 65.8 Å². The molecule has 0 spiro atoms. The minimum absolute atomic E-state index is 0.811. The highest BCUT2D eigenvalue weighted by Crippen LogP contribution is 2.46. The van der Waals surface area contributed by atoms with Gasteiger partial charge in [-0.3, -0.25) is 0 Å². The van der Waals surface area contributed by atoms with Crippen molar-refractivity contribution >= 4 is 71.7 Å². The first kappa shape index (κ1) is 23.9. The molecule has 202 valence electrons. The van der Waals surface area contributed by atoms with Gasteiger partial charge in [0.2, 0.25) is 0 Å². The Labute approximate surface area is 247 Å². The quantitative estimate of drug-likeness (QED) is 0.218. The van der Waals surface area contributed by atoms with Gasteiger partial charge in [-0.25, -0.2) is 0 Å². The number of para-hydroxylation sites is 1. The van der Waals surface area contributed by atoms with Crippen molar-refractivity contribution in [1.29, 1.82) is 0 Å². The molecule has 0 bridgehead atoms. The molecule has 0 amide bonds. The van der Waals surface area contributed by atoms with Crippen LogP contribution in [0.3, 0.4) is 0 Å². The first-order chi connectivity index (χ1) is 21.3. The minimum Gasteiger partial charge on any atom is -0.456 e. The molecule has 3 nitrogen and oxygen atoms in total. The predicted octanol–water partition coefficient (Wildman–Crippen LogP) is 11.8. The van der Waals surface area contributed by atoms with Crippen LogP contribution in [0.2, 0.25) is 0 Å². The summed E-state index contributed by atoms with van der Waals surface area (Å²) in [5.74, 6) is 0. The molecule has 9 aromatic rings. The summed E-state index contributed by atoms with van der Waals surface area (Å²) >= 11 is 0. The van der Waals surface area contributed by atoms with Gasteiger partial charge in [-0.1, -0.05) is 97.1 Å². The molecule has 7 aromatic carbocycles. The van der Waals surface area contributed by atoms with Crippen molar-refractivity contribution in [2.75, 3.05) is 4.90 Å². The highest BCUT2D eigenvalue weighted by Gasteiger charge is 2.23. The van der Waals surface area contributed by atoms with Gasteiger partial charge < -0.3 is 13.7 Å². The smallest absolute Gasteiger partial charge is 0.147 e. The average molecular weight is 552 g/mol. The van der Waals surface area contributed by atoms with E-state index in [9.17, 15) is 0 Å². The number of fused-ring (bicyclic) bond motifs is 9. The van der Waals surface area contributed by atoms with Gasteiger partial charge in [0.1, 0.15) is 22.3 Å². The molecule has 0 unspecified atom stereocenters. The van der Waals surface area contributed by atoms with E-state index >= 15 is 0 Å². The third-order valence-electron chi connectivity index (χ3n) is 8.46. The molecule has 0 aliphatic heterocycles. The van der Waals surface area contributed by atoms with Gasteiger partial charge in [-0.05, 0) is 71.1 Å². The Kier molecular flexibility index (Phi) is 5.20. The number of hydrogen-bond acceptors (Lipinski definition) is 3. The molecule has 0 atom stereocenters. The molecule has 0 radical (unpaired) electrons. The van der Waals surface area contributed by atoms with E-state index in [1.54, 1.807) is 0 Å². The van der Waals surface area contributed by atoms with Gasteiger partial charge in [-0.2, -0.15) is 0 Å². The Morgan fingerprint density at radius 2 is 1.02 bits per heavy atom. The van der Waals surface area contributed by atoms with Gasteiger partial charge in [0.05, 0.1) is 16.5 Å². The maximum Gasteiger partial charge on any atom is 0.147 e. The van der Waals surface area contributed by atoms with E-state index in [4.69, 9.17) is 8.83 Å². The summed E-state index contributed by atoms with van der Waals surface area (Å²) in [4.78, 5) is 2.31. The lowest BCUT2D eigenvalue weighted by Gasteiger charge is -2.26. The number of benzene rings is 7. The second-order valence-corrected chi connectivity index (χ2v) is 10.9. The summed E-state index contributed by atoms with van der Waals surface area (Å²) < 4.78 is 13.3. The average Bonchev–Trinajstić information content (AvgIpc) is 3.65. The Bertz CT molecular complexity index is 2440. The second-order valence-electron chi connectivity index (χ2n) is 10.9. The summed E-state index contributed by atoms with van der Waals surface area (Å²) in [7, 11) is 0. The standard InChI is InChI=1S/C40H25NO2/c1-3-10-26(11-4-1)27-18-21-30(22-19-27)41(29-13-5-2-6-14-29)34-16-9-17-35-37(34)38-36(42-35)25-24-33-32-23-20-28-12-7-8-15-31(28)39(32)43-40(33)38/h1-25H. The first-order valence-electron chi connectivity index (χ1n) is 14.5. The van der Waals surface area contributed by atoms with Gasteiger partial charge in [0.25, 0.3) is 0 Å². The maximum atomic E-state index is 6.78. The fraction of sp³-hybridized carbons (Fsp3) is 0. The van der Waals surface area contributed by atoms with Crippen LogP contribution in [0.15, 0.2) is 160 Å². The number of anilines is 3. The predicted molar refractivity (Wildman–Crippen MR) is 179 cm³/mol. The van der Waals surface area contributed by atoms with Crippen molar-refractivity contribution in [1.82, 2.24) is 0 Å². The topological polar surface area (TPSA) is 29.5 Å². The second kappa shape index (κ2) is 9.37. The van der Waals surface area contributed by atoms with Crippen LogP contribution < -0.4 is 4.90 Å². The summed E-state index contributed by atoms with van der Waals surface area (Å²) in [6.45, 7) is 0. The molecule has 0 aliphatic carbocycles. The number of nitrogens with zero attached hydrogens (tertiary/aromatic N) is 1. The SMILES string of the molecule is c1ccc(-c2ccc(N(c3ccccc3)c3cccc4oc5ccc6c7ccc8ccccc8c7oc6c5c34)cc2)cc1. The maximum absolute atomic E-state index is 6.78. The van der Waals surface area contributed by atoms with Gasteiger partial charge in [-0.15, -0.1) is 0 Å². The van der Waals surface area contributed by atoms with Gasteiger partial charge in [0, 0.05) is 27.5 Å². The molecular formula is C40H25NO2. The number of furan rings is 2. The van der Waals surface area contributed by atoms with Crippen LogP contribution in [-0.4, -0.2) is 0 Å². The third-order valence-corrected chi connectivity index (χ3v) is 8.46. The fourth-order valence-electron chi connectivity index (χ4n) is 6.47. The highest BCUT2D eigenvalue weighted by atomic mass is 16.3. The van der Waals surface area contributed by atoms with Crippen LogP contribution >= 0.6 is 0 Å². The molecule has 2 aromatic heterocycles. The van der Waals surface area contributed by atoms with E-state index in [-0.39, 0.29) is 0 Å². The van der Waals surface area contributed by atoms with Crippen molar-refractivity contribution in [2.24, 2.45) is 0 Å². The minimum atomic E-state index is 0.811.